The highest BCUT2D eigenvalue weighted by Gasteiger charge is 2.13. The molecule has 1 unspecified atom stereocenters. The summed E-state index contributed by atoms with van der Waals surface area (Å²) in [5.41, 5.74) is 5.52. The minimum atomic E-state index is 0.225. The summed E-state index contributed by atoms with van der Waals surface area (Å²) in [6, 6.07) is 10.7. The maximum absolute atomic E-state index is 4.60. The molecule has 1 N–H and O–H groups in total. The van der Waals surface area contributed by atoms with Gasteiger partial charge in [-0.3, -0.25) is 0 Å². The molecule has 0 aliphatic carbocycles. The predicted octanol–water partition coefficient (Wildman–Crippen LogP) is 3.50. The average molecular weight is 327 g/mol. The van der Waals surface area contributed by atoms with E-state index in [9.17, 15) is 0 Å². The first-order chi connectivity index (χ1) is 11.1. The summed E-state index contributed by atoms with van der Waals surface area (Å²) in [6.45, 7) is 9.02. The van der Waals surface area contributed by atoms with Gasteiger partial charge in [-0.05, 0) is 56.9 Å². The molecule has 120 valence electrons. The van der Waals surface area contributed by atoms with E-state index in [1.807, 2.05) is 18.5 Å². The first-order valence-electron chi connectivity index (χ1n) is 7.70. The van der Waals surface area contributed by atoms with Crippen LogP contribution in [0.15, 0.2) is 30.3 Å². The Kier molecular flexibility index (Phi) is 4.54. The Hall–Kier alpha value is -2.05. The van der Waals surface area contributed by atoms with Gasteiger partial charge in [0.05, 0.1) is 22.0 Å². The summed E-state index contributed by atoms with van der Waals surface area (Å²) in [5, 5.41) is 12.3. The van der Waals surface area contributed by atoms with E-state index in [0.29, 0.717) is 0 Å². The summed E-state index contributed by atoms with van der Waals surface area (Å²) in [4.78, 5) is 1.19. The second-order valence-electron chi connectivity index (χ2n) is 5.79. The minimum absolute atomic E-state index is 0.225. The summed E-state index contributed by atoms with van der Waals surface area (Å²) in [5.74, 6) is 0. The quantitative estimate of drug-likeness (QED) is 0.779. The van der Waals surface area contributed by atoms with Gasteiger partial charge in [0, 0.05) is 18.3 Å². The van der Waals surface area contributed by atoms with Crippen LogP contribution in [0.25, 0.3) is 5.69 Å². The molecular formula is C17H21N5S. The number of aromatic nitrogens is 4. The van der Waals surface area contributed by atoms with Crippen molar-refractivity contribution in [2.75, 3.05) is 0 Å². The largest absolute Gasteiger partial charge is 0.305 e. The fourth-order valence-corrected chi connectivity index (χ4v) is 3.39. The molecule has 1 atom stereocenters. The van der Waals surface area contributed by atoms with Crippen molar-refractivity contribution in [3.63, 3.8) is 0 Å². The number of hydrogen-bond donors (Lipinski definition) is 1. The smallest absolute Gasteiger partial charge is 0.0772 e. The van der Waals surface area contributed by atoms with Crippen molar-refractivity contribution in [3.05, 3.63) is 57.9 Å². The van der Waals surface area contributed by atoms with Gasteiger partial charge in [-0.2, -0.15) is 5.10 Å². The topological polar surface area (TPSA) is 55.6 Å². The summed E-state index contributed by atoms with van der Waals surface area (Å²) < 4.78 is 6.03. The summed E-state index contributed by atoms with van der Waals surface area (Å²) in [6.07, 6.45) is 0. The van der Waals surface area contributed by atoms with Crippen LogP contribution < -0.4 is 5.32 Å². The third kappa shape index (κ3) is 3.33. The number of para-hydroxylation sites is 1. The normalized spacial score (nSPS) is 12.5. The first kappa shape index (κ1) is 15.8. The van der Waals surface area contributed by atoms with Crippen LogP contribution in [0.2, 0.25) is 0 Å². The van der Waals surface area contributed by atoms with E-state index in [4.69, 9.17) is 0 Å². The van der Waals surface area contributed by atoms with E-state index in [1.54, 1.807) is 0 Å². The lowest BCUT2D eigenvalue weighted by Crippen LogP contribution is -2.19. The van der Waals surface area contributed by atoms with E-state index in [2.05, 4.69) is 64.2 Å². The lowest BCUT2D eigenvalue weighted by molar-refractivity contribution is 0.577. The van der Waals surface area contributed by atoms with Crippen LogP contribution in [0.3, 0.4) is 0 Å². The number of hydrogen-bond acceptors (Lipinski definition) is 5. The Morgan fingerprint density at radius 1 is 1.22 bits per heavy atom. The molecule has 0 saturated carbocycles. The molecule has 0 spiro atoms. The van der Waals surface area contributed by atoms with Gasteiger partial charge in [0.1, 0.15) is 0 Å². The number of nitrogens with one attached hydrogen (secondary N) is 1. The average Bonchev–Trinajstić information content (AvgIpc) is 3.10. The Morgan fingerprint density at radius 2 is 2.00 bits per heavy atom. The zero-order valence-corrected chi connectivity index (χ0v) is 14.7. The van der Waals surface area contributed by atoms with Gasteiger partial charge in [-0.25, -0.2) is 4.68 Å². The van der Waals surface area contributed by atoms with E-state index in [0.717, 1.165) is 29.3 Å². The van der Waals surface area contributed by atoms with E-state index in [1.165, 1.54) is 22.0 Å². The Morgan fingerprint density at radius 3 is 2.65 bits per heavy atom. The summed E-state index contributed by atoms with van der Waals surface area (Å²) in [7, 11) is 0. The Labute approximate surface area is 140 Å². The maximum atomic E-state index is 4.60. The van der Waals surface area contributed by atoms with Gasteiger partial charge in [-0.15, -0.1) is 5.10 Å². The monoisotopic (exact) mass is 327 g/mol. The van der Waals surface area contributed by atoms with Crippen LogP contribution in [-0.4, -0.2) is 19.4 Å². The molecule has 0 bridgehead atoms. The summed E-state index contributed by atoms with van der Waals surface area (Å²) >= 11 is 1.46. The molecule has 3 rings (SSSR count). The first-order valence-corrected chi connectivity index (χ1v) is 8.47. The van der Waals surface area contributed by atoms with E-state index in [-0.39, 0.29) is 6.04 Å². The van der Waals surface area contributed by atoms with Crippen LogP contribution in [0, 0.1) is 20.8 Å². The van der Waals surface area contributed by atoms with Crippen molar-refractivity contribution in [1.82, 2.24) is 24.7 Å². The van der Waals surface area contributed by atoms with Crippen molar-refractivity contribution >= 4 is 11.5 Å². The van der Waals surface area contributed by atoms with Crippen LogP contribution in [0.5, 0.6) is 0 Å². The number of rotatable bonds is 5. The van der Waals surface area contributed by atoms with Crippen molar-refractivity contribution < 1.29 is 0 Å². The van der Waals surface area contributed by atoms with Gasteiger partial charge in [-0.1, -0.05) is 22.7 Å². The van der Waals surface area contributed by atoms with Crippen molar-refractivity contribution in [2.45, 2.75) is 40.3 Å². The predicted molar refractivity (Wildman–Crippen MR) is 92.9 cm³/mol. The third-order valence-corrected chi connectivity index (χ3v) is 4.92. The maximum Gasteiger partial charge on any atom is 0.0772 e. The molecule has 0 aliphatic heterocycles. The van der Waals surface area contributed by atoms with E-state index < -0.39 is 0 Å². The molecule has 0 fully saturated rings. The molecule has 0 aliphatic rings. The third-order valence-electron chi connectivity index (χ3n) is 3.91. The standard InChI is InChI=1S/C17H21N5S/c1-11-9-12(2)22(20-11)16-8-6-5-7-15(16)10-18-13(3)17-14(4)19-21-23-17/h5-9,13,18H,10H2,1-4H3. The molecular weight excluding hydrogens is 306 g/mol. The molecule has 2 heterocycles. The van der Waals surface area contributed by atoms with Crippen LogP contribution in [0.1, 0.15) is 40.5 Å². The van der Waals surface area contributed by atoms with Crippen molar-refractivity contribution in [1.29, 1.82) is 0 Å². The van der Waals surface area contributed by atoms with Crippen LogP contribution in [-0.2, 0) is 6.54 Å². The zero-order chi connectivity index (χ0) is 16.4. The van der Waals surface area contributed by atoms with Gasteiger partial charge < -0.3 is 5.32 Å². The minimum Gasteiger partial charge on any atom is -0.305 e. The number of benzene rings is 1. The fraction of sp³-hybridized carbons (Fsp3) is 0.353. The molecule has 23 heavy (non-hydrogen) atoms. The molecule has 0 radical (unpaired) electrons. The lowest BCUT2D eigenvalue weighted by Gasteiger charge is -2.15. The fourth-order valence-electron chi connectivity index (χ4n) is 2.73. The second-order valence-corrected chi connectivity index (χ2v) is 6.58. The molecule has 0 saturated heterocycles. The van der Waals surface area contributed by atoms with Gasteiger partial charge in [0.25, 0.3) is 0 Å². The molecule has 2 aromatic heterocycles. The molecule has 0 amide bonds. The number of nitrogens with zero attached hydrogens (tertiary/aromatic N) is 4. The highest BCUT2D eigenvalue weighted by molar-refractivity contribution is 7.05. The Balaban J connectivity index is 1.81. The zero-order valence-electron chi connectivity index (χ0n) is 13.9. The molecule has 1 aromatic carbocycles. The highest BCUT2D eigenvalue weighted by Crippen LogP contribution is 2.21. The number of aryl methyl sites for hydroxylation is 3. The van der Waals surface area contributed by atoms with Gasteiger partial charge >= 0.3 is 0 Å². The van der Waals surface area contributed by atoms with Crippen LogP contribution >= 0.6 is 11.5 Å². The molecule has 5 nitrogen and oxygen atoms in total. The highest BCUT2D eigenvalue weighted by atomic mass is 32.1. The Bertz CT molecular complexity index is 805. The molecule has 3 aromatic rings. The van der Waals surface area contributed by atoms with E-state index >= 15 is 0 Å². The van der Waals surface area contributed by atoms with Crippen molar-refractivity contribution in [2.24, 2.45) is 0 Å². The second kappa shape index (κ2) is 6.60. The van der Waals surface area contributed by atoms with Crippen LogP contribution in [0.4, 0.5) is 0 Å². The van der Waals surface area contributed by atoms with Crippen molar-refractivity contribution in [3.8, 4) is 5.69 Å². The molecule has 6 heteroatoms. The van der Waals surface area contributed by atoms with Gasteiger partial charge in [0.15, 0.2) is 0 Å². The SMILES string of the molecule is Cc1cc(C)n(-c2ccccc2CNC(C)c2snnc2C)n1. The van der Waals surface area contributed by atoms with Gasteiger partial charge in [0.2, 0.25) is 0 Å². The lowest BCUT2D eigenvalue weighted by atomic mass is 10.1.